The van der Waals surface area contributed by atoms with Gasteiger partial charge in [0.25, 0.3) is 0 Å². The molecule has 94 valence electrons. The molecule has 1 aliphatic carbocycles. The Labute approximate surface area is 106 Å². The molecule has 1 aromatic rings. The third kappa shape index (κ3) is 2.91. The largest absolute Gasteiger partial charge is 0.0596 e. The fourth-order valence-electron chi connectivity index (χ4n) is 3.00. The Hall–Kier alpha value is -0.780. The van der Waals surface area contributed by atoms with E-state index in [4.69, 9.17) is 0 Å². The van der Waals surface area contributed by atoms with Gasteiger partial charge in [0.1, 0.15) is 0 Å². The first-order valence-electron chi connectivity index (χ1n) is 6.99. The topological polar surface area (TPSA) is 0 Å². The van der Waals surface area contributed by atoms with Crippen LogP contribution < -0.4 is 0 Å². The Morgan fingerprint density at radius 3 is 1.76 bits per heavy atom. The van der Waals surface area contributed by atoms with Gasteiger partial charge in [-0.2, -0.15) is 0 Å². The van der Waals surface area contributed by atoms with E-state index in [0.29, 0.717) is 11.3 Å². The van der Waals surface area contributed by atoms with Gasteiger partial charge in [-0.05, 0) is 47.1 Å². The second-order valence-electron chi connectivity index (χ2n) is 7.00. The lowest BCUT2D eigenvalue weighted by Crippen LogP contribution is -2.20. The van der Waals surface area contributed by atoms with Crippen molar-refractivity contribution in [2.45, 2.75) is 59.3 Å². The van der Waals surface area contributed by atoms with Crippen LogP contribution in [0, 0.1) is 11.3 Å². The molecule has 0 saturated heterocycles. The summed E-state index contributed by atoms with van der Waals surface area (Å²) in [4.78, 5) is 0. The van der Waals surface area contributed by atoms with E-state index in [2.05, 4.69) is 58.9 Å². The Kier molecular flexibility index (Phi) is 3.34. The summed E-state index contributed by atoms with van der Waals surface area (Å²) in [6.45, 7) is 11.7. The van der Waals surface area contributed by atoms with Crippen LogP contribution >= 0.6 is 0 Å². The highest BCUT2D eigenvalue weighted by molar-refractivity contribution is 5.29. The van der Waals surface area contributed by atoms with E-state index in [9.17, 15) is 0 Å². The van der Waals surface area contributed by atoms with Crippen LogP contribution in [0.4, 0.5) is 0 Å². The van der Waals surface area contributed by atoms with Crippen LogP contribution in [-0.4, -0.2) is 0 Å². The molecule has 1 saturated carbocycles. The number of hydrogen-bond acceptors (Lipinski definition) is 0. The lowest BCUT2D eigenvalue weighted by molar-refractivity contribution is 0.291. The van der Waals surface area contributed by atoms with E-state index in [1.807, 2.05) is 0 Å². The zero-order valence-corrected chi connectivity index (χ0v) is 12.0. The average Bonchev–Trinajstić information content (AvgIpc) is 3.01. The monoisotopic (exact) mass is 230 g/mol. The molecule has 0 nitrogen and oxygen atoms in total. The highest BCUT2D eigenvalue weighted by Crippen LogP contribution is 2.51. The predicted octanol–water partition coefficient (Wildman–Crippen LogP) is 5.35. The maximum Gasteiger partial charge on any atom is -0.00849 e. The van der Waals surface area contributed by atoms with Gasteiger partial charge < -0.3 is 0 Å². The highest BCUT2D eigenvalue weighted by Gasteiger charge is 2.39. The van der Waals surface area contributed by atoms with Crippen molar-refractivity contribution >= 4 is 0 Å². The summed E-state index contributed by atoms with van der Waals surface area (Å²) < 4.78 is 0. The summed E-state index contributed by atoms with van der Waals surface area (Å²) in [6, 6.07) is 9.37. The summed E-state index contributed by atoms with van der Waals surface area (Å²) in [5.74, 6) is 2.31. The minimum atomic E-state index is 0.389. The minimum absolute atomic E-state index is 0.389. The first-order chi connectivity index (χ1) is 7.89. The van der Waals surface area contributed by atoms with Crippen molar-refractivity contribution in [1.82, 2.24) is 0 Å². The Bertz CT molecular complexity index is 360. The van der Waals surface area contributed by atoms with Gasteiger partial charge in [0.2, 0.25) is 0 Å². The van der Waals surface area contributed by atoms with Crippen molar-refractivity contribution in [2.24, 2.45) is 11.3 Å². The van der Waals surface area contributed by atoms with Crippen molar-refractivity contribution in [2.75, 3.05) is 0 Å². The minimum Gasteiger partial charge on any atom is -0.0596 e. The van der Waals surface area contributed by atoms with Gasteiger partial charge in [-0.25, -0.2) is 0 Å². The summed E-state index contributed by atoms with van der Waals surface area (Å²) in [6.07, 6.45) is 2.85. The Morgan fingerprint density at radius 2 is 1.41 bits per heavy atom. The molecule has 0 radical (unpaired) electrons. The van der Waals surface area contributed by atoms with Crippen LogP contribution in [-0.2, 0) is 0 Å². The molecule has 1 aromatic carbocycles. The van der Waals surface area contributed by atoms with E-state index in [1.165, 1.54) is 18.4 Å². The fourth-order valence-corrected chi connectivity index (χ4v) is 3.00. The molecule has 1 aliphatic rings. The Balaban J connectivity index is 2.25. The Morgan fingerprint density at radius 1 is 0.941 bits per heavy atom. The van der Waals surface area contributed by atoms with E-state index in [1.54, 1.807) is 5.56 Å². The highest BCUT2D eigenvalue weighted by atomic mass is 14.4. The van der Waals surface area contributed by atoms with Crippen LogP contribution in [0.2, 0.25) is 0 Å². The zero-order chi connectivity index (χ0) is 12.6. The predicted molar refractivity (Wildman–Crippen MR) is 75.5 cm³/mol. The second-order valence-corrected chi connectivity index (χ2v) is 7.00. The molecule has 0 heteroatoms. The molecule has 0 unspecified atom stereocenters. The molecule has 1 fully saturated rings. The van der Waals surface area contributed by atoms with Gasteiger partial charge in [-0.15, -0.1) is 0 Å². The molecule has 0 heterocycles. The standard InChI is InChI=1S/C17H26/c1-12(2)13-6-8-14(9-7-13)16(15-10-11-15)17(3,4)5/h6-9,12,15-16H,10-11H2,1-5H3/t16-/m1/s1. The first-order valence-corrected chi connectivity index (χ1v) is 6.99. The maximum atomic E-state index is 2.38. The SMILES string of the molecule is CC(C)c1ccc([C@H](C2CC2)C(C)(C)C)cc1. The smallest absolute Gasteiger partial charge is 0.00849 e. The molecular formula is C17H26. The zero-order valence-electron chi connectivity index (χ0n) is 12.0. The van der Waals surface area contributed by atoms with Crippen LogP contribution in [0.15, 0.2) is 24.3 Å². The molecule has 2 rings (SSSR count). The maximum absolute atomic E-state index is 2.38. The van der Waals surface area contributed by atoms with Gasteiger partial charge in [0, 0.05) is 0 Å². The summed E-state index contributed by atoms with van der Waals surface area (Å²) >= 11 is 0. The third-order valence-corrected chi connectivity index (χ3v) is 3.99. The normalized spacial score (nSPS) is 18.5. The van der Waals surface area contributed by atoms with Crippen molar-refractivity contribution in [3.63, 3.8) is 0 Å². The molecule has 1 atom stereocenters. The van der Waals surface area contributed by atoms with Gasteiger partial charge >= 0.3 is 0 Å². The lowest BCUT2D eigenvalue weighted by Gasteiger charge is -2.31. The molecule has 0 amide bonds. The van der Waals surface area contributed by atoms with Crippen LogP contribution in [0.3, 0.4) is 0 Å². The summed E-state index contributed by atoms with van der Waals surface area (Å²) in [7, 11) is 0. The van der Waals surface area contributed by atoms with Crippen molar-refractivity contribution in [1.29, 1.82) is 0 Å². The third-order valence-electron chi connectivity index (χ3n) is 3.99. The molecule has 17 heavy (non-hydrogen) atoms. The van der Waals surface area contributed by atoms with E-state index >= 15 is 0 Å². The number of rotatable bonds is 3. The van der Waals surface area contributed by atoms with Crippen LogP contribution in [0.1, 0.15) is 70.4 Å². The van der Waals surface area contributed by atoms with Gasteiger partial charge in [-0.1, -0.05) is 58.9 Å². The first kappa shape index (κ1) is 12.7. The molecule has 0 spiro atoms. The second kappa shape index (κ2) is 4.48. The molecule has 0 aromatic heterocycles. The van der Waals surface area contributed by atoms with Crippen LogP contribution in [0.25, 0.3) is 0 Å². The lowest BCUT2D eigenvalue weighted by atomic mass is 9.73. The van der Waals surface area contributed by atoms with Gasteiger partial charge in [0.05, 0.1) is 0 Å². The molecule has 0 aliphatic heterocycles. The van der Waals surface area contributed by atoms with Gasteiger partial charge in [0.15, 0.2) is 0 Å². The quantitative estimate of drug-likeness (QED) is 0.656. The molecule has 0 bridgehead atoms. The molecule has 0 N–H and O–H groups in total. The van der Waals surface area contributed by atoms with Crippen molar-refractivity contribution in [3.8, 4) is 0 Å². The van der Waals surface area contributed by atoms with E-state index in [-0.39, 0.29) is 0 Å². The van der Waals surface area contributed by atoms with Crippen molar-refractivity contribution in [3.05, 3.63) is 35.4 Å². The number of hydrogen-bond donors (Lipinski definition) is 0. The summed E-state index contributed by atoms with van der Waals surface area (Å²) in [5.41, 5.74) is 3.39. The van der Waals surface area contributed by atoms with E-state index < -0.39 is 0 Å². The molecular weight excluding hydrogens is 204 g/mol. The average molecular weight is 230 g/mol. The fraction of sp³-hybridized carbons (Fsp3) is 0.647. The van der Waals surface area contributed by atoms with Gasteiger partial charge in [-0.3, -0.25) is 0 Å². The number of benzene rings is 1. The summed E-state index contributed by atoms with van der Waals surface area (Å²) in [5, 5.41) is 0. The van der Waals surface area contributed by atoms with Crippen molar-refractivity contribution < 1.29 is 0 Å². The van der Waals surface area contributed by atoms with Crippen LogP contribution in [0.5, 0.6) is 0 Å². The van der Waals surface area contributed by atoms with E-state index in [0.717, 1.165) is 11.8 Å².